The molecule has 1 aliphatic rings. The second-order valence-corrected chi connectivity index (χ2v) is 8.11. The fraction of sp³-hybridized carbons (Fsp3) is 0.333. The maximum absolute atomic E-state index is 12.8. The molecule has 3 rings (SSSR count). The Morgan fingerprint density at radius 1 is 1.23 bits per heavy atom. The van der Waals surface area contributed by atoms with Crippen LogP contribution in [0.25, 0.3) is 0 Å². The highest BCUT2D eigenvalue weighted by Crippen LogP contribution is 2.23. The lowest BCUT2D eigenvalue weighted by atomic mass is 9.95. The summed E-state index contributed by atoms with van der Waals surface area (Å²) < 4.78 is 0. The number of hydrogen-bond acceptors (Lipinski definition) is 4. The molecule has 0 saturated carbocycles. The van der Waals surface area contributed by atoms with Crippen LogP contribution in [0.15, 0.2) is 42.5 Å². The van der Waals surface area contributed by atoms with E-state index in [0.29, 0.717) is 48.8 Å². The van der Waals surface area contributed by atoms with Crippen LogP contribution in [0.4, 0.5) is 11.4 Å². The number of carbonyl (C=O) groups excluding carboxylic acids is 2. The van der Waals surface area contributed by atoms with Crippen LogP contribution in [0.5, 0.6) is 0 Å². The molecule has 2 aromatic carbocycles. The molecule has 1 saturated heterocycles. The third kappa shape index (κ3) is 5.36. The van der Waals surface area contributed by atoms with Gasteiger partial charge in [-0.15, -0.1) is 0 Å². The number of anilines is 1. The number of nitrogens with one attached hydrogen (secondary N) is 2. The number of nitriles is 1. The summed E-state index contributed by atoms with van der Waals surface area (Å²) in [6, 6.07) is 14.8. The molecule has 2 amide bonds. The normalized spacial score (nSPS) is 14.2. The van der Waals surface area contributed by atoms with E-state index >= 15 is 0 Å². The predicted molar refractivity (Wildman–Crippen MR) is 119 cm³/mol. The lowest BCUT2D eigenvalue weighted by Crippen LogP contribution is -2.83. The number of nitrogens with zero attached hydrogens (tertiary/aromatic N) is 2. The number of quaternary nitrogens is 1. The number of rotatable bonds is 6. The molecule has 1 fully saturated rings. The second kappa shape index (κ2) is 10.0. The molecule has 0 aliphatic carbocycles. The van der Waals surface area contributed by atoms with Crippen LogP contribution in [0.2, 0.25) is 0 Å². The number of amides is 2. The van der Waals surface area contributed by atoms with Gasteiger partial charge in [0.1, 0.15) is 5.69 Å². The summed E-state index contributed by atoms with van der Waals surface area (Å²) in [5.74, 6) is -0.412. The minimum atomic E-state index is -0.180. The smallest absolute Gasteiger partial charge is 0.255 e. The first-order chi connectivity index (χ1) is 14.9. The van der Waals surface area contributed by atoms with Gasteiger partial charge in [-0.2, -0.15) is 5.26 Å². The lowest BCUT2D eigenvalue weighted by Gasteiger charge is -2.31. The topological polar surface area (TPSA) is 114 Å². The molecular weight excluding hydrogens is 390 g/mol. The van der Waals surface area contributed by atoms with Crippen LogP contribution >= 0.6 is 0 Å². The largest absolute Gasteiger partial charge is 0.339 e. The molecule has 0 atom stereocenters. The molecule has 0 spiro atoms. The van der Waals surface area contributed by atoms with Crippen molar-refractivity contribution in [2.45, 2.75) is 32.7 Å². The highest BCUT2D eigenvalue weighted by Gasteiger charge is 2.28. The van der Waals surface area contributed by atoms with Crippen molar-refractivity contribution in [3.63, 3.8) is 0 Å². The van der Waals surface area contributed by atoms with Gasteiger partial charge >= 0.3 is 0 Å². The average molecular weight is 419 g/mol. The van der Waals surface area contributed by atoms with Gasteiger partial charge in [0.05, 0.1) is 28.8 Å². The Morgan fingerprint density at radius 3 is 2.58 bits per heavy atom. The molecular formula is C24H28N5O2+. The van der Waals surface area contributed by atoms with Gasteiger partial charge in [0, 0.05) is 37.0 Å². The summed E-state index contributed by atoms with van der Waals surface area (Å²) in [6.45, 7) is 5.12. The predicted octanol–water partition coefficient (Wildman–Crippen LogP) is 2.65. The van der Waals surface area contributed by atoms with Gasteiger partial charge in [-0.1, -0.05) is 12.1 Å². The van der Waals surface area contributed by atoms with E-state index in [2.05, 4.69) is 30.6 Å². The van der Waals surface area contributed by atoms with Crippen LogP contribution < -0.4 is 10.6 Å². The van der Waals surface area contributed by atoms with Gasteiger partial charge in [0.15, 0.2) is 0 Å². The molecule has 2 aromatic rings. The van der Waals surface area contributed by atoms with Gasteiger partial charge < -0.3 is 20.9 Å². The van der Waals surface area contributed by atoms with Crippen LogP contribution in [-0.2, 0) is 4.79 Å². The summed E-state index contributed by atoms with van der Waals surface area (Å²) in [5.41, 5.74) is 3.19. The second-order valence-electron chi connectivity index (χ2n) is 8.11. The Labute approximate surface area is 182 Å². The summed E-state index contributed by atoms with van der Waals surface area (Å²) >= 11 is 0. The van der Waals surface area contributed by atoms with Crippen LogP contribution in [0, 0.1) is 22.7 Å². The first-order valence-electron chi connectivity index (χ1n) is 10.5. The lowest BCUT2D eigenvalue weighted by molar-refractivity contribution is -0.603. The zero-order valence-electron chi connectivity index (χ0n) is 17.9. The standard InChI is InChI=1S/C24H27N5O2/c1-16(2)27-22-8-7-20(13-19(22)15-26)28-23(30)17-9-11-29(12-10-17)24(31)21-6-4-3-5-18(21)14-25/h3-8,13,15-17,26-27H,9-12H2,1-2H3,(H,28,30)/p+1. The third-order valence-electron chi connectivity index (χ3n) is 5.45. The Hall–Kier alpha value is -3.50. The maximum atomic E-state index is 12.8. The van der Waals surface area contributed by atoms with Gasteiger partial charge in [-0.3, -0.25) is 9.59 Å². The first-order valence-corrected chi connectivity index (χ1v) is 10.5. The van der Waals surface area contributed by atoms with Crippen molar-refractivity contribution in [1.82, 2.24) is 4.90 Å². The van der Waals surface area contributed by atoms with Crippen molar-refractivity contribution in [1.29, 1.82) is 10.7 Å². The first kappa shape index (κ1) is 22.2. The Kier molecular flexibility index (Phi) is 7.16. The van der Waals surface area contributed by atoms with Crippen molar-refractivity contribution < 1.29 is 14.9 Å². The van der Waals surface area contributed by atoms with Crippen LogP contribution in [0.3, 0.4) is 0 Å². The van der Waals surface area contributed by atoms with Crippen LogP contribution in [-0.4, -0.2) is 42.1 Å². The molecule has 160 valence electrons. The molecule has 1 aliphatic heterocycles. The van der Waals surface area contributed by atoms with E-state index in [1.54, 1.807) is 29.2 Å². The van der Waals surface area contributed by atoms with E-state index in [1.807, 2.05) is 18.2 Å². The number of benzene rings is 2. The molecule has 7 heteroatoms. The van der Waals surface area contributed by atoms with Crippen molar-refractivity contribution in [3.8, 4) is 6.07 Å². The maximum Gasteiger partial charge on any atom is 0.255 e. The van der Waals surface area contributed by atoms with Crippen molar-refractivity contribution in [2.75, 3.05) is 18.4 Å². The van der Waals surface area contributed by atoms with Gasteiger partial charge in [0.25, 0.3) is 5.91 Å². The number of hydrogen-bond donors (Lipinski definition) is 3. The van der Waals surface area contributed by atoms with Crippen molar-refractivity contribution in [3.05, 3.63) is 59.2 Å². The zero-order chi connectivity index (χ0) is 22.4. The van der Waals surface area contributed by atoms with Crippen molar-refractivity contribution in [2.24, 2.45) is 5.92 Å². The molecule has 4 N–H and O–H groups in total. The third-order valence-corrected chi connectivity index (χ3v) is 5.45. The highest BCUT2D eigenvalue weighted by molar-refractivity contribution is 5.97. The van der Waals surface area contributed by atoms with Crippen molar-refractivity contribution >= 4 is 29.4 Å². The Bertz CT molecular complexity index is 1020. The highest BCUT2D eigenvalue weighted by atomic mass is 16.2. The van der Waals surface area contributed by atoms with Crippen LogP contribution in [0.1, 0.15) is 48.2 Å². The molecule has 0 radical (unpaired) electrons. The quantitative estimate of drug-likeness (QED) is 0.495. The molecule has 0 unspecified atom stereocenters. The van der Waals surface area contributed by atoms with Gasteiger partial charge in [0.2, 0.25) is 5.91 Å². The minimum Gasteiger partial charge on any atom is -0.339 e. The molecule has 0 aromatic heterocycles. The molecule has 31 heavy (non-hydrogen) atoms. The Morgan fingerprint density at radius 2 is 1.94 bits per heavy atom. The fourth-order valence-electron chi connectivity index (χ4n) is 3.81. The van der Waals surface area contributed by atoms with E-state index in [9.17, 15) is 14.9 Å². The van der Waals surface area contributed by atoms with E-state index in [1.165, 1.54) is 6.21 Å². The van der Waals surface area contributed by atoms with Gasteiger partial charge in [-0.25, -0.2) is 0 Å². The Balaban J connectivity index is 1.60. The molecule has 7 nitrogen and oxygen atoms in total. The summed E-state index contributed by atoms with van der Waals surface area (Å²) in [7, 11) is 0. The number of likely N-dealkylation sites (tertiary alicyclic amines) is 1. The zero-order valence-corrected chi connectivity index (χ0v) is 17.9. The van der Waals surface area contributed by atoms with E-state index in [0.717, 1.165) is 11.3 Å². The molecule has 1 heterocycles. The molecule has 0 bridgehead atoms. The monoisotopic (exact) mass is 418 g/mol. The number of carbonyl (C=O) groups is 2. The van der Waals surface area contributed by atoms with Gasteiger partial charge in [-0.05, 0) is 51.0 Å². The van der Waals surface area contributed by atoms with E-state index < -0.39 is 0 Å². The SMILES string of the molecule is CC(C)[NH2+]c1ccc(NC(=O)C2CCN(C(=O)c3ccccc3C#N)CC2)cc1C=N. The summed E-state index contributed by atoms with van der Waals surface area (Å²) in [5, 5.41) is 21.9. The summed E-state index contributed by atoms with van der Waals surface area (Å²) in [4.78, 5) is 27.2. The number of piperidine rings is 1. The fourth-order valence-corrected chi connectivity index (χ4v) is 3.81. The van der Waals surface area contributed by atoms with E-state index in [4.69, 9.17) is 5.41 Å². The summed E-state index contributed by atoms with van der Waals surface area (Å²) in [6.07, 6.45) is 2.44. The average Bonchev–Trinajstić information content (AvgIpc) is 2.79. The minimum absolute atomic E-state index is 0.0685. The number of nitrogens with two attached hydrogens (primary N) is 1. The van der Waals surface area contributed by atoms with E-state index in [-0.39, 0.29) is 17.7 Å².